The molecule has 4 aromatic rings. The third-order valence-electron chi connectivity index (χ3n) is 6.63. The van der Waals surface area contributed by atoms with Crippen LogP contribution >= 0.6 is 34.5 Å². The highest BCUT2D eigenvalue weighted by atomic mass is 35.5. The van der Waals surface area contributed by atoms with Gasteiger partial charge in [0.1, 0.15) is 24.7 Å². The maximum atomic E-state index is 13.9. The third-order valence-corrected chi connectivity index (χ3v) is 8.35. The molecule has 0 N–H and O–H groups in total. The van der Waals surface area contributed by atoms with E-state index in [2.05, 4.69) is 11.6 Å². The summed E-state index contributed by atoms with van der Waals surface area (Å²) in [4.78, 5) is 32.2. The van der Waals surface area contributed by atoms with Crippen molar-refractivity contribution in [1.29, 1.82) is 0 Å². The van der Waals surface area contributed by atoms with Crippen molar-refractivity contribution in [3.05, 3.63) is 137 Å². The van der Waals surface area contributed by atoms with E-state index in [0.717, 1.165) is 16.7 Å². The lowest BCUT2D eigenvalue weighted by Crippen LogP contribution is -2.39. The number of benzene rings is 3. The van der Waals surface area contributed by atoms with Crippen LogP contribution in [0, 0.1) is 0 Å². The topological polar surface area (TPSA) is 79.1 Å². The third kappa shape index (κ3) is 6.77. The Hall–Kier alpha value is -4.11. The Kier molecular flexibility index (Phi) is 9.50. The van der Waals surface area contributed by atoms with Crippen LogP contribution in [0.1, 0.15) is 36.6 Å². The van der Waals surface area contributed by atoms with Crippen molar-refractivity contribution in [3.8, 4) is 11.5 Å². The molecule has 0 fully saturated rings. The Morgan fingerprint density at radius 2 is 1.84 bits per heavy atom. The van der Waals surface area contributed by atoms with Crippen molar-refractivity contribution >= 4 is 46.6 Å². The van der Waals surface area contributed by atoms with Crippen LogP contribution in [0.5, 0.6) is 11.5 Å². The van der Waals surface area contributed by atoms with E-state index < -0.39 is 12.0 Å². The second-order valence-electron chi connectivity index (χ2n) is 9.58. The molecule has 0 saturated heterocycles. The van der Waals surface area contributed by atoms with Crippen molar-refractivity contribution < 1.29 is 19.0 Å². The van der Waals surface area contributed by atoms with Gasteiger partial charge in [-0.1, -0.05) is 77.5 Å². The number of carbonyl (C=O) groups is 1. The number of fused-ring (bicyclic) bond motifs is 1. The van der Waals surface area contributed by atoms with Crippen molar-refractivity contribution in [3.63, 3.8) is 0 Å². The van der Waals surface area contributed by atoms with E-state index in [1.165, 1.54) is 11.3 Å². The van der Waals surface area contributed by atoms with Crippen LogP contribution in [0.4, 0.5) is 0 Å². The maximum absolute atomic E-state index is 13.9. The molecule has 10 heteroatoms. The highest BCUT2D eigenvalue weighted by molar-refractivity contribution is 7.07. The normalized spacial score (nSPS) is 14.6. The molecule has 0 saturated carbocycles. The van der Waals surface area contributed by atoms with Crippen molar-refractivity contribution in [1.82, 2.24) is 4.57 Å². The number of hydrogen-bond acceptors (Lipinski definition) is 7. The molecule has 43 heavy (non-hydrogen) atoms. The summed E-state index contributed by atoms with van der Waals surface area (Å²) in [7, 11) is 0. The first kappa shape index (κ1) is 30.4. The Labute approximate surface area is 262 Å². The summed E-state index contributed by atoms with van der Waals surface area (Å²) in [5, 5.41) is 0.943. The molecule has 1 atom stereocenters. The van der Waals surface area contributed by atoms with E-state index in [4.69, 9.17) is 37.4 Å². The van der Waals surface area contributed by atoms with Crippen LogP contribution in [0.2, 0.25) is 10.0 Å². The second-order valence-corrected chi connectivity index (χ2v) is 11.4. The number of carbonyl (C=O) groups excluding carboxylic acids is 1. The molecule has 1 aliphatic heterocycles. The van der Waals surface area contributed by atoms with Crippen molar-refractivity contribution in [2.24, 2.45) is 4.99 Å². The van der Waals surface area contributed by atoms with E-state index in [1.807, 2.05) is 42.5 Å². The minimum Gasteiger partial charge on any atom is -0.490 e. The van der Waals surface area contributed by atoms with E-state index >= 15 is 0 Å². The van der Waals surface area contributed by atoms with Gasteiger partial charge in [-0.3, -0.25) is 9.36 Å². The number of halogens is 2. The SMILES string of the molecule is C=CCOc1ccc([C@H]2C(C(=O)OCC)=C(C)N=c3s/c(=C/c4cccc(OCc5ccc(Cl)c(Cl)c5)c4)c(=O)n32)cc1. The number of ether oxygens (including phenoxy) is 3. The van der Waals surface area contributed by atoms with Gasteiger partial charge >= 0.3 is 5.97 Å². The molecular formula is C33H28Cl2N2O5S. The number of rotatable bonds is 10. The molecule has 1 aromatic heterocycles. The molecule has 0 bridgehead atoms. The predicted octanol–water partition coefficient (Wildman–Crippen LogP) is 6.25. The van der Waals surface area contributed by atoms with Crippen LogP contribution in [-0.2, 0) is 16.1 Å². The summed E-state index contributed by atoms with van der Waals surface area (Å²) in [5.41, 5.74) is 2.93. The highest BCUT2D eigenvalue weighted by Crippen LogP contribution is 2.32. The highest BCUT2D eigenvalue weighted by Gasteiger charge is 2.33. The molecule has 7 nitrogen and oxygen atoms in total. The van der Waals surface area contributed by atoms with Crippen LogP contribution < -0.4 is 24.4 Å². The van der Waals surface area contributed by atoms with Gasteiger partial charge in [0.15, 0.2) is 4.80 Å². The molecule has 0 aliphatic carbocycles. The summed E-state index contributed by atoms with van der Waals surface area (Å²) < 4.78 is 19.0. The molecule has 0 radical (unpaired) electrons. The van der Waals surface area contributed by atoms with Crippen molar-refractivity contribution in [2.75, 3.05) is 13.2 Å². The van der Waals surface area contributed by atoms with E-state index in [9.17, 15) is 9.59 Å². The zero-order valence-corrected chi connectivity index (χ0v) is 25.8. The van der Waals surface area contributed by atoms with E-state index in [1.54, 1.807) is 54.8 Å². The monoisotopic (exact) mass is 634 g/mol. The maximum Gasteiger partial charge on any atom is 0.338 e. The molecule has 0 spiro atoms. The molecule has 2 heterocycles. The summed E-state index contributed by atoms with van der Waals surface area (Å²) >= 11 is 13.4. The molecular weight excluding hydrogens is 607 g/mol. The Morgan fingerprint density at radius 3 is 2.56 bits per heavy atom. The number of esters is 1. The van der Waals surface area contributed by atoms with Gasteiger partial charge in [0.2, 0.25) is 0 Å². The lowest BCUT2D eigenvalue weighted by Gasteiger charge is -2.24. The minimum absolute atomic E-state index is 0.199. The zero-order chi connectivity index (χ0) is 30.5. The number of aromatic nitrogens is 1. The first-order valence-electron chi connectivity index (χ1n) is 13.5. The predicted molar refractivity (Wildman–Crippen MR) is 170 cm³/mol. The van der Waals surface area contributed by atoms with Crippen molar-refractivity contribution in [2.45, 2.75) is 26.5 Å². The van der Waals surface area contributed by atoms with Gasteiger partial charge in [0.25, 0.3) is 5.56 Å². The van der Waals surface area contributed by atoms with Gasteiger partial charge in [-0.05, 0) is 73.0 Å². The van der Waals surface area contributed by atoms with E-state index in [0.29, 0.717) is 55.4 Å². The Bertz CT molecular complexity index is 1890. The summed E-state index contributed by atoms with van der Waals surface area (Å²) in [5.74, 6) is 0.766. The number of thiazole rings is 1. The fraction of sp³-hybridized carbons (Fsp3) is 0.182. The van der Waals surface area contributed by atoms with Crippen LogP contribution in [-0.4, -0.2) is 23.8 Å². The largest absolute Gasteiger partial charge is 0.490 e. The van der Waals surface area contributed by atoms with Crippen LogP contribution in [0.3, 0.4) is 0 Å². The average Bonchev–Trinajstić information content (AvgIpc) is 3.30. The van der Waals surface area contributed by atoms with Crippen LogP contribution in [0.15, 0.2) is 100 Å². The molecule has 0 amide bonds. The van der Waals surface area contributed by atoms with Gasteiger partial charge < -0.3 is 14.2 Å². The summed E-state index contributed by atoms with van der Waals surface area (Å²) in [6.07, 6.45) is 3.46. The van der Waals surface area contributed by atoms with E-state index in [-0.39, 0.29) is 12.2 Å². The van der Waals surface area contributed by atoms with Gasteiger partial charge in [-0.2, -0.15) is 0 Å². The lowest BCUT2D eigenvalue weighted by atomic mass is 9.96. The quantitative estimate of drug-likeness (QED) is 0.152. The molecule has 0 unspecified atom stereocenters. The fourth-order valence-electron chi connectivity index (χ4n) is 4.65. The fourth-order valence-corrected chi connectivity index (χ4v) is 6.02. The van der Waals surface area contributed by atoms with Gasteiger partial charge in [-0.25, -0.2) is 9.79 Å². The van der Waals surface area contributed by atoms with Crippen LogP contribution in [0.25, 0.3) is 6.08 Å². The first-order chi connectivity index (χ1) is 20.8. The van der Waals surface area contributed by atoms with Gasteiger partial charge in [0.05, 0.1) is 38.5 Å². The van der Waals surface area contributed by atoms with Gasteiger partial charge in [0, 0.05) is 0 Å². The Balaban J connectivity index is 1.51. The smallest absolute Gasteiger partial charge is 0.338 e. The average molecular weight is 636 g/mol. The first-order valence-corrected chi connectivity index (χ1v) is 15.1. The second kappa shape index (κ2) is 13.5. The standard InChI is InChI=1S/C33H28Cl2N2O5S/c1-4-15-41-24-12-10-23(11-13-24)30-29(32(39)40-5-2)20(3)36-33-37(30)31(38)28(43-33)18-21-7-6-8-25(16-21)42-19-22-9-14-26(34)27(35)17-22/h4,6-14,16-18,30H,1,5,15,19H2,2-3H3/b28-18+/t30-/m0/s1. The summed E-state index contributed by atoms with van der Waals surface area (Å²) in [6, 6.07) is 19.3. The number of allylic oxidation sites excluding steroid dienone is 1. The lowest BCUT2D eigenvalue weighted by molar-refractivity contribution is -0.139. The number of nitrogens with zero attached hydrogens (tertiary/aromatic N) is 2. The van der Waals surface area contributed by atoms with Gasteiger partial charge in [-0.15, -0.1) is 0 Å². The minimum atomic E-state index is -0.716. The molecule has 3 aromatic carbocycles. The molecule has 1 aliphatic rings. The zero-order valence-electron chi connectivity index (χ0n) is 23.5. The number of hydrogen-bond donors (Lipinski definition) is 0. The molecule has 5 rings (SSSR count). The summed E-state index contributed by atoms with van der Waals surface area (Å²) in [6.45, 7) is 8.04. The molecule has 220 valence electrons. The Morgan fingerprint density at radius 1 is 1.05 bits per heavy atom.